The average Bonchev–Trinajstić information content (AvgIpc) is 2.50. The Morgan fingerprint density at radius 3 is 2.74 bits per heavy atom. The van der Waals surface area contributed by atoms with Gasteiger partial charge in [0.05, 0.1) is 18.9 Å². The molecule has 0 spiro atoms. The molecule has 2 aromatic rings. The number of rotatable bonds is 6. The first-order chi connectivity index (χ1) is 11.0. The van der Waals surface area contributed by atoms with Gasteiger partial charge in [0.25, 0.3) is 5.56 Å². The predicted molar refractivity (Wildman–Crippen MR) is 85.8 cm³/mol. The molecule has 2 N–H and O–H groups in total. The standard InChI is InChI=1S/C15H16FN3O3S/c1-2-22-14(21)9-23-15-18-13(20)7-12(17)19(15)8-10-3-5-11(16)6-4-10/h3-7H,2,8-9,17H2,1H3. The molecule has 0 unspecified atom stereocenters. The minimum absolute atomic E-state index is 0.0210. The van der Waals surface area contributed by atoms with Crippen molar-refractivity contribution in [1.29, 1.82) is 0 Å². The van der Waals surface area contributed by atoms with Gasteiger partial charge < -0.3 is 15.0 Å². The molecule has 0 aliphatic rings. The lowest BCUT2D eigenvalue weighted by atomic mass is 10.2. The van der Waals surface area contributed by atoms with Crippen LogP contribution < -0.4 is 11.3 Å². The van der Waals surface area contributed by atoms with E-state index in [0.29, 0.717) is 11.7 Å². The van der Waals surface area contributed by atoms with E-state index < -0.39 is 11.5 Å². The molecule has 0 amide bonds. The molecule has 0 radical (unpaired) electrons. The maximum atomic E-state index is 13.0. The number of anilines is 1. The van der Waals surface area contributed by atoms with Crippen molar-refractivity contribution < 1.29 is 13.9 Å². The van der Waals surface area contributed by atoms with Crippen molar-refractivity contribution >= 4 is 23.5 Å². The first-order valence-corrected chi connectivity index (χ1v) is 7.88. The number of ether oxygens (including phenoxy) is 1. The first kappa shape index (κ1) is 17.0. The van der Waals surface area contributed by atoms with Gasteiger partial charge in [-0.2, -0.15) is 4.98 Å². The minimum Gasteiger partial charge on any atom is -0.465 e. The fourth-order valence-corrected chi connectivity index (χ4v) is 2.68. The summed E-state index contributed by atoms with van der Waals surface area (Å²) in [6.07, 6.45) is 0. The number of aromatic nitrogens is 2. The Morgan fingerprint density at radius 1 is 1.39 bits per heavy atom. The number of nitrogens with two attached hydrogens (primary N) is 1. The van der Waals surface area contributed by atoms with E-state index in [4.69, 9.17) is 10.5 Å². The van der Waals surface area contributed by atoms with Crippen LogP contribution in [0, 0.1) is 5.82 Å². The largest absolute Gasteiger partial charge is 0.465 e. The molecule has 23 heavy (non-hydrogen) atoms. The van der Waals surface area contributed by atoms with Crippen molar-refractivity contribution in [3.05, 3.63) is 52.1 Å². The van der Waals surface area contributed by atoms with Crippen LogP contribution in [0.1, 0.15) is 12.5 Å². The van der Waals surface area contributed by atoms with E-state index in [1.165, 1.54) is 18.2 Å². The van der Waals surface area contributed by atoms with E-state index in [1.54, 1.807) is 23.6 Å². The van der Waals surface area contributed by atoms with Crippen molar-refractivity contribution in [2.45, 2.75) is 18.6 Å². The van der Waals surface area contributed by atoms with Crippen molar-refractivity contribution in [1.82, 2.24) is 9.55 Å². The van der Waals surface area contributed by atoms with E-state index in [1.807, 2.05) is 0 Å². The van der Waals surface area contributed by atoms with Crippen LogP contribution >= 0.6 is 11.8 Å². The molecule has 0 saturated heterocycles. The third kappa shape index (κ3) is 4.82. The molecule has 1 aromatic carbocycles. The fraction of sp³-hybridized carbons (Fsp3) is 0.267. The summed E-state index contributed by atoms with van der Waals surface area (Å²) >= 11 is 1.07. The van der Waals surface area contributed by atoms with Gasteiger partial charge in [-0.25, -0.2) is 4.39 Å². The topological polar surface area (TPSA) is 87.2 Å². The van der Waals surface area contributed by atoms with E-state index in [-0.39, 0.29) is 24.0 Å². The zero-order valence-corrected chi connectivity index (χ0v) is 13.3. The third-order valence-electron chi connectivity index (χ3n) is 2.90. The zero-order chi connectivity index (χ0) is 16.8. The smallest absolute Gasteiger partial charge is 0.316 e. The number of benzene rings is 1. The van der Waals surface area contributed by atoms with E-state index in [2.05, 4.69) is 4.98 Å². The number of carbonyl (C=O) groups excluding carboxylic acids is 1. The number of esters is 1. The summed E-state index contributed by atoms with van der Waals surface area (Å²) in [6, 6.07) is 7.12. The van der Waals surface area contributed by atoms with Gasteiger partial charge in [0.15, 0.2) is 5.16 Å². The van der Waals surface area contributed by atoms with Crippen molar-refractivity contribution in [2.75, 3.05) is 18.1 Å². The molecule has 0 saturated carbocycles. The molecule has 122 valence electrons. The summed E-state index contributed by atoms with van der Waals surface area (Å²) in [6.45, 7) is 2.31. The van der Waals surface area contributed by atoms with Crippen molar-refractivity contribution in [3.63, 3.8) is 0 Å². The van der Waals surface area contributed by atoms with Gasteiger partial charge in [-0.1, -0.05) is 23.9 Å². The third-order valence-corrected chi connectivity index (χ3v) is 3.85. The van der Waals surface area contributed by atoms with Crippen LogP contribution in [0.25, 0.3) is 0 Å². The Morgan fingerprint density at radius 2 is 2.09 bits per heavy atom. The van der Waals surface area contributed by atoms with Crippen LogP contribution in [0.15, 0.2) is 40.3 Å². The Kier molecular flexibility index (Phi) is 5.75. The van der Waals surface area contributed by atoms with E-state index in [9.17, 15) is 14.0 Å². The molecule has 6 nitrogen and oxygen atoms in total. The van der Waals surface area contributed by atoms with Crippen LogP contribution in [0.4, 0.5) is 10.2 Å². The molecular formula is C15H16FN3O3S. The summed E-state index contributed by atoms with van der Waals surface area (Å²) in [5.74, 6) is -0.493. The number of hydrogen-bond donors (Lipinski definition) is 1. The fourth-order valence-electron chi connectivity index (χ4n) is 1.87. The second-order valence-electron chi connectivity index (χ2n) is 4.61. The summed E-state index contributed by atoms with van der Waals surface area (Å²) in [7, 11) is 0. The van der Waals surface area contributed by atoms with Gasteiger partial charge >= 0.3 is 5.97 Å². The second kappa shape index (κ2) is 7.77. The highest BCUT2D eigenvalue weighted by Crippen LogP contribution is 2.19. The Bertz CT molecular complexity index is 747. The van der Waals surface area contributed by atoms with Gasteiger partial charge in [0.2, 0.25) is 0 Å². The van der Waals surface area contributed by atoms with E-state index in [0.717, 1.165) is 17.3 Å². The van der Waals surface area contributed by atoms with Crippen molar-refractivity contribution in [2.24, 2.45) is 0 Å². The van der Waals surface area contributed by atoms with Crippen LogP contribution in [0.5, 0.6) is 0 Å². The van der Waals surface area contributed by atoms with Crippen LogP contribution in [-0.4, -0.2) is 27.9 Å². The highest BCUT2D eigenvalue weighted by molar-refractivity contribution is 7.99. The Balaban J connectivity index is 2.24. The predicted octanol–water partition coefficient (Wildman–Crippen LogP) is 1.67. The number of carbonyl (C=O) groups is 1. The van der Waals surface area contributed by atoms with Gasteiger partial charge in [-0.15, -0.1) is 0 Å². The number of thioether (sulfide) groups is 1. The maximum Gasteiger partial charge on any atom is 0.316 e. The lowest BCUT2D eigenvalue weighted by molar-refractivity contribution is -0.139. The van der Waals surface area contributed by atoms with Crippen LogP contribution in [0.2, 0.25) is 0 Å². The summed E-state index contributed by atoms with van der Waals surface area (Å²) in [4.78, 5) is 26.9. The lowest BCUT2D eigenvalue weighted by Gasteiger charge is -2.14. The van der Waals surface area contributed by atoms with Crippen LogP contribution in [-0.2, 0) is 16.1 Å². The SMILES string of the molecule is CCOC(=O)CSc1nc(=O)cc(N)n1Cc1ccc(F)cc1. The van der Waals surface area contributed by atoms with Gasteiger partial charge in [-0.3, -0.25) is 9.59 Å². The highest BCUT2D eigenvalue weighted by atomic mass is 32.2. The minimum atomic E-state index is -0.482. The average molecular weight is 337 g/mol. The van der Waals surface area contributed by atoms with Gasteiger partial charge in [-0.05, 0) is 24.6 Å². The monoisotopic (exact) mass is 337 g/mol. The van der Waals surface area contributed by atoms with Gasteiger partial charge in [0, 0.05) is 6.07 Å². The summed E-state index contributed by atoms with van der Waals surface area (Å²) < 4.78 is 19.4. The molecule has 0 fully saturated rings. The molecule has 0 aliphatic heterocycles. The molecule has 0 atom stereocenters. The molecular weight excluding hydrogens is 321 g/mol. The molecule has 1 heterocycles. The van der Waals surface area contributed by atoms with Crippen molar-refractivity contribution in [3.8, 4) is 0 Å². The molecule has 0 aliphatic carbocycles. The Hall–Kier alpha value is -2.35. The molecule has 1 aromatic heterocycles. The molecule has 8 heteroatoms. The quantitative estimate of drug-likeness (QED) is 0.490. The summed E-state index contributed by atoms with van der Waals surface area (Å²) in [5, 5.41) is 0.312. The molecule has 0 bridgehead atoms. The lowest BCUT2D eigenvalue weighted by Crippen LogP contribution is -2.19. The number of nitrogen functional groups attached to an aromatic ring is 1. The first-order valence-electron chi connectivity index (χ1n) is 6.90. The number of halogens is 1. The molecule has 2 rings (SSSR count). The van der Waals surface area contributed by atoms with Gasteiger partial charge in [0.1, 0.15) is 11.6 Å². The maximum absolute atomic E-state index is 13.0. The normalized spacial score (nSPS) is 10.5. The zero-order valence-electron chi connectivity index (χ0n) is 12.5. The highest BCUT2D eigenvalue weighted by Gasteiger charge is 2.12. The number of nitrogens with zero attached hydrogens (tertiary/aromatic N) is 2. The summed E-state index contributed by atoms with van der Waals surface area (Å²) in [5.41, 5.74) is 6.20. The van der Waals surface area contributed by atoms with E-state index >= 15 is 0 Å². The second-order valence-corrected chi connectivity index (χ2v) is 5.55. The number of hydrogen-bond acceptors (Lipinski definition) is 6. The Labute approximate surface area is 136 Å². The van der Waals surface area contributed by atoms with Crippen LogP contribution in [0.3, 0.4) is 0 Å².